The van der Waals surface area contributed by atoms with E-state index in [1.165, 1.54) is 6.08 Å². The van der Waals surface area contributed by atoms with Gasteiger partial charge in [-0.15, -0.1) is 0 Å². The van der Waals surface area contributed by atoms with Crippen molar-refractivity contribution in [3.63, 3.8) is 0 Å². The lowest BCUT2D eigenvalue weighted by atomic mass is 10.1. The van der Waals surface area contributed by atoms with Crippen LogP contribution < -0.4 is 0 Å². The molecule has 1 aromatic carbocycles. The number of benzene rings is 1. The molecule has 0 amide bonds. The maximum absolute atomic E-state index is 12.1. The Hall–Kier alpha value is -1.23. The monoisotopic (exact) mass is 326 g/mol. The fourth-order valence-electron chi connectivity index (χ4n) is 1.69. The number of halogens is 2. The van der Waals surface area contributed by atoms with Crippen molar-refractivity contribution < 1.29 is 4.79 Å². The quantitative estimate of drug-likeness (QED) is 0.476. The summed E-state index contributed by atoms with van der Waals surface area (Å²) in [5.74, 6) is -0.168. The molecule has 20 heavy (non-hydrogen) atoms. The fourth-order valence-corrected chi connectivity index (χ4v) is 2.73. The van der Waals surface area contributed by atoms with Gasteiger partial charge in [0.15, 0.2) is 10.9 Å². The molecule has 0 saturated carbocycles. The highest BCUT2D eigenvalue weighted by Crippen LogP contribution is 2.22. The highest BCUT2D eigenvalue weighted by Gasteiger charge is 2.08. The molecule has 0 aliphatic heterocycles. The number of rotatable bonds is 4. The van der Waals surface area contributed by atoms with Crippen LogP contribution in [0.2, 0.25) is 10.0 Å². The van der Waals surface area contributed by atoms with Crippen LogP contribution in [0.1, 0.15) is 16.1 Å². The molecule has 6 heteroatoms. The summed E-state index contributed by atoms with van der Waals surface area (Å²) in [7, 11) is 1.90. The first-order valence-corrected chi connectivity index (χ1v) is 7.74. The molecule has 0 spiro atoms. The molecule has 0 aliphatic carbocycles. The topological polar surface area (TPSA) is 34.9 Å². The van der Waals surface area contributed by atoms with Crippen LogP contribution in [-0.2, 0) is 7.05 Å². The molecule has 0 fully saturated rings. The summed E-state index contributed by atoms with van der Waals surface area (Å²) in [5.41, 5.74) is 1.28. The van der Waals surface area contributed by atoms with E-state index < -0.39 is 0 Å². The van der Waals surface area contributed by atoms with E-state index in [1.54, 1.807) is 42.2 Å². The van der Waals surface area contributed by atoms with Gasteiger partial charge in [0.2, 0.25) is 0 Å². The normalized spacial score (nSPS) is 11.2. The lowest BCUT2D eigenvalue weighted by Crippen LogP contribution is -1.97. The Balaban J connectivity index is 2.22. The smallest absolute Gasteiger partial charge is 0.187 e. The molecule has 0 saturated heterocycles. The van der Waals surface area contributed by atoms with Crippen molar-refractivity contribution in [3.8, 4) is 0 Å². The van der Waals surface area contributed by atoms with Crippen molar-refractivity contribution in [1.29, 1.82) is 0 Å². The summed E-state index contributed by atoms with van der Waals surface area (Å²) < 4.78 is 1.91. The molecule has 104 valence electrons. The summed E-state index contributed by atoms with van der Waals surface area (Å²) in [6.07, 6.45) is 6.88. The number of hydrogen-bond donors (Lipinski definition) is 0. The van der Waals surface area contributed by atoms with Crippen LogP contribution in [0.3, 0.4) is 0 Å². The second kappa shape index (κ2) is 6.48. The number of ketones is 1. The number of aromatic nitrogens is 2. The zero-order valence-corrected chi connectivity index (χ0v) is 13.3. The Morgan fingerprint density at radius 3 is 2.75 bits per heavy atom. The SMILES string of the molecule is CSc1ncc(/C=C/C(=O)c2ccc(Cl)cc2Cl)n1C. The Kier molecular flexibility index (Phi) is 4.91. The Bertz CT molecular complexity index is 680. The van der Waals surface area contributed by atoms with E-state index in [-0.39, 0.29) is 5.78 Å². The van der Waals surface area contributed by atoms with Crippen molar-refractivity contribution in [3.05, 3.63) is 51.8 Å². The van der Waals surface area contributed by atoms with Gasteiger partial charge in [0.05, 0.1) is 16.9 Å². The molecule has 2 aromatic rings. The first-order valence-electron chi connectivity index (χ1n) is 5.76. The number of carbonyl (C=O) groups is 1. The van der Waals surface area contributed by atoms with Crippen molar-refractivity contribution in [2.24, 2.45) is 7.05 Å². The predicted octanol–water partition coefficient (Wildman–Crippen LogP) is 4.34. The average Bonchev–Trinajstić information content (AvgIpc) is 2.76. The van der Waals surface area contributed by atoms with Gasteiger partial charge < -0.3 is 4.57 Å². The summed E-state index contributed by atoms with van der Waals surface area (Å²) in [6.45, 7) is 0. The van der Waals surface area contributed by atoms with Crippen molar-refractivity contribution in [2.45, 2.75) is 5.16 Å². The molecule has 0 aliphatic rings. The number of allylic oxidation sites excluding steroid dienone is 1. The maximum atomic E-state index is 12.1. The first kappa shape index (κ1) is 15.2. The summed E-state index contributed by atoms with van der Waals surface area (Å²) >= 11 is 13.4. The molecule has 0 bridgehead atoms. The maximum Gasteiger partial charge on any atom is 0.187 e. The van der Waals surface area contributed by atoms with Gasteiger partial charge in [-0.05, 0) is 36.6 Å². The number of imidazole rings is 1. The van der Waals surface area contributed by atoms with E-state index in [4.69, 9.17) is 23.2 Å². The molecule has 0 radical (unpaired) electrons. The van der Waals surface area contributed by atoms with Gasteiger partial charge in [0.1, 0.15) is 0 Å². The van der Waals surface area contributed by atoms with E-state index >= 15 is 0 Å². The highest BCUT2D eigenvalue weighted by atomic mass is 35.5. The van der Waals surface area contributed by atoms with Crippen LogP contribution in [0.15, 0.2) is 35.6 Å². The molecule has 2 rings (SSSR count). The Labute approximate surface area is 131 Å². The zero-order chi connectivity index (χ0) is 14.7. The second-order valence-electron chi connectivity index (χ2n) is 4.05. The third kappa shape index (κ3) is 3.26. The van der Waals surface area contributed by atoms with Gasteiger partial charge in [-0.1, -0.05) is 35.0 Å². The predicted molar refractivity (Wildman–Crippen MR) is 84.8 cm³/mol. The second-order valence-corrected chi connectivity index (χ2v) is 5.67. The summed E-state index contributed by atoms with van der Waals surface area (Å²) in [6, 6.07) is 4.82. The Morgan fingerprint density at radius 2 is 2.15 bits per heavy atom. The van der Waals surface area contributed by atoms with E-state index in [0.717, 1.165) is 10.9 Å². The van der Waals surface area contributed by atoms with E-state index in [1.807, 2.05) is 17.9 Å². The van der Waals surface area contributed by atoms with Gasteiger partial charge in [-0.25, -0.2) is 4.98 Å². The zero-order valence-electron chi connectivity index (χ0n) is 10.9. The molecule has 0 unspecified atom stereocenters. The van der Waals surface area contributed by atoms with Crippen LogP contribution in [0, 0.1) is 0 Å². The van der Waals surface area contributed by atoms with Crippen LogP contribution in [0.4, 0.5) is 0 Å². The molecule has 1 heterocycles. The van der Waals surface area contributed by atoms with Gasteiger partial charge in [0.25, 0.3) is 0 Å². The number of nitrogens with zero attached hydrogens (tertiary/aromatic N) is 2. The van der Waals surface area contributed by atoms with Crippen molar-refractivity contribution in [1.82, 2.24) is 9.55 Å². The van der Waals surface area contributed by atoms with Gasteiger partial charge in [-0.2, -0.15) is 0 Å². The van der Waals surface area contributed by atoms with Crippen molar-refractivity contribution >= 4 is 46.8 Å². The molecule has 0 N–H and O–H groups in total. The summed E-state index contributed by atoms with van der Waals surface area (Å²) in [4.78, 5) is 16.3. The average molecular weight is 327 g/mol. The Morgan fingerprint density at radius 1 is 1.40 bits per heavy atom. The summed E-state index contributed by atoms with van der Waals surface area (Å²) in [5, 5.41) is 1.75. The fraction of sp³-hybridized carbons (Fsp3) is 0.143. The van der Waals surface area contributed by atoms with E-state index in [0.29, 0.717) is 15.6 Å². The standard InChI is InChI=1S/C14H12Cl2N2OS/c1-18-10(8-17-14(18)20-2)4-6-13(19)11-5-3-9(15)7-12(11)16/h3-8H,1-2H3/b6-4+. The van der Waals surface area contributed by atoms with Gasteiger partial charge in [-0.3, -0.25) is 4.79 Å². The van der Waals surface area contributed by atoms with Crippen LogP contribution in [0.5, 0.6) is 0 Å². The molecule has 3 nitrogen and oxygen atoms in total. The molecule has 1 aromatic heterocycles. The molecule has 0 atom stereocenters. The van der Waals surface area contributed by atoms with Gasteiger partial charge in [0, 0.05) is 17.6 Å². The minimum atomic E-state index is -0.168. The van der Waals surface area contributed by atoms with Crippen LogP contribution >= 0.6 is 35.0 Å². The largest absolute Gasteiger partial charge is 0.323 e. The molecular formula is C14H12Cl2N2OS. The van der Waals surface area contributed by atoms with Gasteiger partial charge >= 0.3 is 0 Å². The lowest BCUT2D eigenvalue weighted by molar-refractivity contribution is 0.104. The number of carbonyl (C=O) groups excluding carboxylic acids is 1. The number of hydrogen-bond acceptors (Lipinski definition) is 3. The van der Waals surface area contributed by atoms with E-state index in [9.17, 15) is 4.79 Å². The van der Waals surface area contributed by atoms with Crippen LogP contribution in [-0.4, -0.2) is 21.6 Å². The lowest BCUT2D eigenvalue weighted by Gasteiger charge is -2.01. The minimum absolute atomic E-state index is 0.168. The van der Waals surface area contributed by atoms with Crippen LogP contribution in [0.25, 0.3) is 6.08 Å². The third-order valence-electron chi connectivity index (χ3n) is 2.77. The molecular weight excluding hydrogens is 315 g/mol. The number of thioether (sulfide) groups is 1. The highest BCUT2D eigenvalue weighted by molar-refractivity contribution is 7.98. The van der Waals surface area contributed by atoms with E-state index in [2.05, 4.69) is 4.98 Å². The minimum Gasteiger partial charge on any atom is -0.323 e. The first-order chi connectivity index (χ1) is 9.52. The van der Waals surface area contributed by atoms with Crippen molar-refractivity contribution in [2.75, 3.05) is 6.26 Å². The third-order valence-corrected chi connectivity index (χ3v) is 4.06.